The largest absolute Gasteiger partial charge is 0.481 e. The van der Waals surface area contributed by atoms with Crippen molar-refractivity contribution in [2.24, 2.45) is 35.0 Å². The molecule has 3 aliphatic rings. The van der Waals surface area contributed by atoms with Crippen LogP contribution in [0.1, 0.15) is 144 Å². The average molecular weight is 1340 g/mol. The van der Waals surface area contributed by atoms with Crippen LogP contribution in [0.4, 0.5) is 0 Å². The third kappa shape index (κ3) is 23.5. The predicted octanol–water partition coefficient (Wildman–Crippen LogP) is -3.52. The van der Waals surface area contributed by atoms with Gasteiger partial charge in [-0.05, 0) is 114 Å². The monoisotopic (exact) mass is 1340 g/mol. The number of amides is 12. The van der Waals surface area contributed by atoms with E-state index in [1.807, 2.05) is 0 Å². The van der Waals surface area contributed by atoms with Crippen molar-refractivity contribution < 1.29 is 87.5 Å². The molecule has 18 N–H and O–H groups in total. The molecule has 0 bridgehead atoms. The van der Waals surface area contributed by atoms with Crippen LogP contribution < -0.4 is 59.7 Å². The number of carbonyl (C=O) groups excluding carboxylic acids is 12. The summed E-state index contributed by atoms with van der Waals surface area (Å²) in [4.78, 5) is 195. The number of primary amides is 1. The molecule has 1 aromatic carbocycles. The maximum Gasteiger partial charge on any atom is 0.328 e. The van der Waals surface area contributed by atoms with Crippen molar-refractivity contribution in [3.8, 4) is 0 Å². The van der Waals surface area contributed by atoms with Crippen molar-refractivity contribution in [3.05, 3.63) is 35.9 Å². The molecule has 32 nitrogen and oxygen atoms in total. The Bertz CT molecular complexity index is 2880. The number of nitrogens with zero attached hydrogens (tertiary/aromatic N) is 3. The third-order valence-corrected chi connectivity index (χ3v) is 17.0. The second-order valence-corrected chi connectivity index (χ2v) is 25.9. The highest BCUT2D eigenvalue weighted by Crippen LogP contribution is 2.25. The Morgan fingerprint density at radius 3 is 1.43 bits per heavy atom. The summed E-state index contributed by atoms with van der Waals surface area (Å²) in [6.45, 7) is 13.1. The van der Waals surface area contributed by atoms with Crippen molar-refractivity contribution >= 4 is 82.8 Å². The molecule has 32 heteroatoms. The number of benzene rings is 1. The lowest BCUT2D eigenvalue weighted by Gasteiger charge is -2.33. The Labute approximate surface area is 552 Å². The smallest absolute Gasteiger partial charge is 0.328 e. The first kappa shape index (κ1) is 79.1. The van der Waals surface area contributed by atoms with E-state index in [1.165, 1.54) is 21.6 Å². The van der Waals surface area contributed by atoms with Gasteiger partial charge in [-0.1, -0.05) is 71.9 Å². The highest BCUT2D eigenvalue weighted by Gasteiger charge is 2.45. The molecular weight excluding hydrogens is 1240 g/mol. The number of hydrogen-bond acceptors (Lipinski definition) is 18. The maximum atomic E-state index is 14.7. The number of aliphatic hydroxyl groups excluding tert-OH is 2. The lowest BCUT2D eigenvalue weighted by atomic mass is 10.00. The van der Waals surface area contributed by atoms with Crippen LogP contribution in [0, 0.1) is 17.8 Å². The Hall–Kier alpha value is -8.36. The van der Waals surface area contributed by atoms with E-state index in [2.05, 4.69) is 42.5 Å². The van der Waals surface area contributed by atoms with Crippen LogP contribution in [0.25, 0.3) is 0 Å². The summed E-state index contributed by atoms with van der Waals surface area (Å²) < 4.78 is 0. The molecule has 0 aromatic heterocycles. The van der Waals surface area contributed by atoms with Crippen LogP contribution in [0.15, 0.2) is 30.3 Å². The lowest BCUT2D eigenvalue weighted by molar-refractivity contribution is -0.145. The SMILES string of the molecule is CC(C)C[C@H](NC(=O)[C@H](CCC(=O)O)NC(=O)[C@@H]1CCCN1C(=O)[C@H](CCCCN)NC(=O)[C@@H](NC(=O)[C@@H]1CCCN1C(=O)[C@@H](N)C(C)C)[C@@H](C)O)C(=O)N1CCC[C@H]1C(=O)N[C@H](C(=O)N[C@@H](CC(N)=O)C(=O)N[C@@H](Cc1ccccc1)C(=O)N[C@H](C(=O)O)[C@@H](C)O)C(C)C. The Balaban J connectivity index is 1.52. The number of nitrogens with two attached hydrogens (primary N) is 3. The molecule has 95 heavy (non-hydrogen) atoms. The maximum absolute atomic E-state index is 14.7. The number of carboxylic acid groups (broad SMARTS) is 2. The molecule has 14 atom stereocenters. The molecule has 12 amide bonds. The van der Waals surface area contributed by atoms with Crippen molar-refractivity contribution in [1.29, 1.82) is 0 Å². The summed E-state index contributed by atoms with van der Waals surface area (Å²) in [5, 5.41) is 60.4. The van der Waals surface area contributed by atoms with Crippen LogP contribution in [0.3, 0.4) is 0 Å². The topological polar surface area (TPSA) is 504 Å². The Morgan fingerprint density at radius 2 is 0.958 bits per heavy atom. The van der Waals surface area contributed by atoms with Gasteiger partial charge in [0.25, 0.3) is 0 Å². The minimum Gasteiger partial charge on any atom is -0.481 e. The second-order valence-electron chi connectivity index (χ2n) is 25.9. The van der Waals surface area contributed by atoms with Crippen molar-refractivity contribution in [3.63, 3.8) is 0 Å². The summed E-state index contributed by atoms with van der Waals surface area (Å²) in [6.07, 6.45) is -2.92. The van der Waals surface area contributed by atoms with Gasteiger partial charge in [0, 0.05) is 32.5 Å². The minimum atomic E-state index is -1.78. The molecule has 0 aliphatic carbocycles. The van der Waals surface area contributed by atoms with Gasteiger partial charge in [-0.3, -0.25) is 62.3 Å². The minimum absolute atomic E-state index is 0.00513. The summed E-state index contributed by atoms with van der Waals surface area (Å²) in [5.74, 6) is -14.5. The first-order chi connectivity index (χ1) is 44.7. The lowest BCUT2D eigenvalue weighted by Crippen LogP contribution is -2.61. The molecule has 4 rings (SSSR count). The molecule has 1 aromatic rings. The number of carboxylic acids is 2. The molecule has 530 valence electrons. The zero-order chi connectivity index (χ0) is 71.1. The molecule has 0 saturated carbocycles. The normalized spacial score (nSPS) is 19.7. The number of aliphatic carboxylic acids is 2. The van der Waals surface area contributed by atoms with Gasteiger partial charge in [0.05, 0.1) is 24.7 Å². The number of likely N-dealkylation sites (tertiary alicyclic amines) is 3. The van der Waals surface area contributed by atoms with E-state index >= 15 is 0 Å². The number of rotatable bonds is 37. The van der Waals surface area contributed by atoms with E-state index in [0.29, 0.717) is 24.8 Å². The van der Waals surface area contributed by atoms with Crippen LogP contribution >= 0.6 is 0 Å². The number of aliphatic hydroxyl groups is 2. The van der Waals surface area contributed by atoms with Crippen molar-refractivity contribution in [1.82, 2.24) is 57.2 Å². The average Bonchev–Trinajstić information content (AvgIpc) is 1.79. The summed E-state index contributed by atoms with van der Waals surface area (Å²) >= 11 is 0. The second kappa shape index (κ2) is 37.7. The fraction of sp³-hybridized carbons (Fsp3) is 0.683. The van der Waals surface area contributed by atoms with Gasteiger partial charge in [-0.25, -0.2) is 4.79 Å². The van der Waals surface area contributed by atoms with Crippen molar-refractivity contribution in [2.45, 2.75) is 230 Å². The van der Waals surface area contributed by atoms with E-state index in [1.54, 1.807) is 71.9 Å². The van der Waals surface area contributed by atoms with Gasteiger partial charge in [-0.2, -0.15) is 0 Å². The number of nitrogens with one attached hydrogen (secondary N) is 8. The quantitative estimate of drug-likeness (QED) is 0.0287. The number of hydrogen-bond donors (Lipinski definition) is 15. The predicted molar refractivity (Wildman–Crippen MR) is 341 cm³/mol. The highest BCUT2D eigenvalue weighted by atomic mass is 16.4. The molecule has 0 spiro atoms. The van der Waals surface area contributed by atoms with Crippen LogP contribution in [0.5, 0.6) is 0 Å². The first-order valence-corrected chi connectivity index (χ1v) is 32.6. The standard InChI is InChI=1S/C63H100N14O18/c1-32(2)29-42(61(92)76-27-15-21-44(76)56(87)72-49(34(5)6)58(89)70-41(31-46(65)80)53(84)69-40(30-37-17-10-9-11-18-37)54(85)74-51(36(8)79)63(94)95)71-52(83)38(23-24-47(81)82)67-55(86)43-20-14-26-75(43)60(91)39(19-12-13-25-64)68-59(90)50(35(7)78)73-57(88)45-22-16-28-77(45)62(93)48(66)33(3)4/h9-11,17-18,32-36,38-45,48-51,78-79H,12-16,19-31,64,66H2,1-8H3,(H2,65,80)(H,67,86)(H,68,90)(H,69,84)(H,70,89)(H,71,83)(H,72,87)(H,73,88)(H,74,85)(H,81,82)(H,94,95)/t35-,36-,38+,39+,40+,41+,42+,43+,44+,45+,48+,49+,50+,51+/m1/s1. The van der Waals surface area contributed by atoms with Crippen LogP contribution in [0.2, 0.25) is 0 Å². The Morgan fingerprint density at radius 1 is 0.505 bits per heavy atom. The zero-order valence-corrected chi connectivity index (χ0v) is 55.5. The van der Waals surface area contributed by atoms with E-state index in [9.17, 15) is 87.5 Å². The van der Waals surface area contributed by atoms with Gasteiger partial charge in [0.2, 0.25) is 70.9 Å². The summed E-state index contributed by atoms with van der Waals surface area (Å²) in [7, 11) is 0. The van der Waals surface area contributed by atoms with Crippen molar-refractivity contribution in [2.75, 3.05) is 26.2 Å². The fourth-order valence-corrected chi connectivity index (χ4v) is 11.7. The molecule has 0 radical (unpaired) electrons. The third-order valence-electron chi connectivity index (χ3n) is 17.0. The summed E-state index contributed by atoms with van der Waals surface area (Å²) in [6, 6.07) is -8.48. The van der Waals surface area contributed by atoms with Gasteiger partial charge in [0.1, 0.15) is 60.4 Å². The van der Waals surface area contributed by atoms with E-state index in [-0.39, 0.29) is 89.4 Å². The molecule has 3 saturated heterocycles. The number of unbranched alkanes of at least 4 members (excludes halogenated alkanes) is 1. The van der Waals surface area contributed by atoms with Crippen LogP contribution in [-0.2, 0) is 73.5 Å². The van der Waals surface area contributed by atoms with Gasteiger partial charge < -0.3 is 94.9 Å². The molecule has 3 aliphatic heterocycles. The zero-order valence-electron chi connectivity index (χ0n) is 55.5. The Kier molecular flexibility index (Phi) is 31.3. The molecule has 0 unspecified atom stereocenters. The molecular formula is C63H100N14O18. The van der Waals surface area contributed by atoms with Crippen LogP contribution in [-0.4, -0.2) is 229 Å². The molecule has 3 heterocycles. The highest BCUT2D eigenvalue weighted by molar-refractivity contribution is 6.00. The number of carbonyl (C=O) groups is 14. The van der Waals surface area contributed by atoms with Gasteiger partial charge in [-0.15, -0.1) is 0 Å². The van der Waals surface area contributed by atoms with Gasteiger partial charge in [0.15, 0.2) is 6.04 Å². The first-order valence-electron chi connectivity index (χ1n) is 32.6. The van der Waals surface area contributed by atoms with E-state index < -0.39 is 193 Å². The summed E-state index contributed by atoms with van der Waals surface area (Å²) in [5.41, 5.74) is 17.9. The molecule has 3 fully saturated rings. The fourth-order valence-electron chi connectivity index (χ4n) is 11.7. The van der Waals surface area contributed by atoms with E-state index in [0.717, 1.165) is 6.92 Å². The van der Waals surface area contributed by atoms with Gasteiger partial charge >= 0.3 is 11.9 Å². The van der Waals surface area contributed by atoms with E-state index in [4.69, 9.17) is 17.2 Å².